The van der Waals surface area contributed by atoms with Gasteiger partial charge in [-0.15, -0.1) is 0 Å². The second-order valence-electron chi connectivity index (χ2n) is 7.30. The Morgan fingerprint density at radius 1 is 1.00 bits per heavy atom. The van der Waals surface area contributed by atoms with E-state index < -0.39 is 0 Å². The van der Waals surface area contributed by atoms with Crippen LogP contribution in [0.25, 0.3) is 0 Å². The standard InChI is InChI=1S/C15H22O2/c16-14(13-1-2-13)17-9-15-6-10-3-11(7-15)5-12(4-10)8-15/h10-13H,1-9H2. The van der Waals surface area contributed by atoms with Gasteiger partial charge in [-0.05, 0) is 69.1 Å². The fourth-order valence-corrected chi connectivity index (χ4v) is 5.13. The quantitative estimate of drug-likeness (QED) is 0.701. The van der Waals surface area contributed by atoms with Crippen molar-refractivity contribution >= 4 is 5.97 Å². The highest BCUT2D eigenvalue weighted by Crippen LogP contribution is 2.60. The molecule has 0 saturated heterocycles. The number of rotatable bonds is 3. The van der Waals surface area contributed by atoms with Gasteiger partial charge in [0.05, 0.1) is 12.5 Å². The molecule has 0 heterocycles. The van der Waals surface area contributed by atoms with Crippen LogP contribution in [0.4, 0.5) is 0 Å². The molecule has 5 saturated carbocycles. The zero-order valence-electron chi connectivity index (χ0n) is 10.5. The smallest absolute Gasteiger partial charge is 0.308 e. The molecule has 4 bridgehead atoms. The van der Waals surface area contributed by atoms with E-state index in [0.717, 1.165) is 37.2 Å². The molecule has 5 rings (SSSR count). The van der Waals surface area contributed by atoms with Gasteiger partial charge < -0.3 is 4.74 Å². The number of ether oxygens (including phenoxy) is 1. The summed E-state index contributed by atoms with van der Waals surface area (Å²) in [6.07, 6.45) is 10.6. The van der Waals surface area contributed by atoms with Crippen LogP contribution >= 0.6 is 0 Å². The molecule has 5 fully saturated rings. The highest BCUT2D eigenvalue weighted by Gasteiger charge is 2.51. The van der Waals surface area contributed by atoms with Crippen LogP contribution in [-0.4, -0.2) is 12.6 Å². The summed E-state index contributed by atoms with van der Waals surface area (Å²) in [5.74, 6) is 3.24. The number of hydrogen-bond acceptors (Lipinski definition) is 2. The van der Waals surface area contributed by atoms with Gasteiger partial charge in [-0.25, -0.2) is 0 Å². The van der Waals surface area contributed by atoms with Crippen LogP contribution in [-0.2, 0) is 9.53 Å². The fraction of sp³-hybridized carbons (Fsp3) is 0.933. The van der Waals surface area contributed by atoms with Crippen molar-refractivity contribution in [3.05, 3.63) is 0 Å². The van der Waals surface area contributed by atoms with Gasteiger partial charge in [0.15, 0.2) is 0 Å². The third-order valence-corrected chi connectivity index (χ3v) is 5.60. The van der Waals surface area contributed by atoms with Crippen molar-refractivity contribution in [2.45, 2.75) is 51.4 Å². The van der Waals surface area contributed by atoms with Crippen molar-refractivity contribution in [3.63, 3.8) is 0 Å². The maximum Gasteiger partial charge on any atom is 0.308 e. The van der Waals surface area contributed by atoms with E-state index in [4.69, 9.17) is 4.74 Å². The maximum atomic E-state index is 11.7. The van der Waals surface area contributed by atoms with Gasteiger partial charge in [0.25, 0.3) is 0 Å². The molecule has 2 nitrogen and oxygen atoms in total. The van der Waals surface area contributed by atoms with E-state index in [9.17, 15) is 4.79 Å². The Bertz CT molecular complexity index is 308. The van der Waals surface area contributed by atoms with Crippen molar-refractivity contribution in [1.29, 1.82) is 0 Å². The Balaban J connectivity index is 1.43. The first kappa shape index (κ1) is 10.4. The summed E-state index contributed by atoms with van der Waals surface area (Å²) in [5.41, 5.74) is 0.402. The minimum atomic E-state index is 0.0979. The summed E-state index contributed by atoms with van der Waals surface area (Å²) in [4.78, 5) is 11.7. The number of esters is 1. The third-order valence-electron chi connectivity index (χ3n) is 5.60. The summed E-state index contributed by atoms with van der Waals surface area (Å²) in [7, 11) is 0. The van der Waals surface area contributed by atoms with E-state index in [1.165, 1.54) is 38.5 Å². The van der Waals surface area contributed by atoms with E-state index in [1.807, 2.05) is 0 Å². The lowest BCUT2D eigenvalue weighted by Gasteiger charge is -2.56. The lowest BCUT2D eigenvalue weighted by molar-refractivity contribution is -0.156. The van der Waals surface area contributed by atoms with Crippen molar-refractivity contribution < 1.29 is 9.53 Å². The van der Waals surface area contributed by atoms with Crippen LogP contribution in [0.15, 0.2) is 0 Å². The molecular formula is C15H22O2. The molecule has 0 aliphatic heterocycles. The average Bonchev–Trinajstić information content (AvgIpc) is 3.07. The van der Waals surface area contributed by atoms with Crippen LogP contribution in [0.1, 0.15) is 51.4 Å². The molecule has 94 valence electrons. The van der Waals surface area contributed by atoms with Crippen LogP contribution in [0.3, 0.4) is 0 Å². The Hall–Kier alpha value is -0.530. The third kappa shape index (κ3) is 1.80. The SMILES string of the molecule is O=C(OCC12CC3CC(CC(C3)C1)C2)C1CC1. The van der Waals surface area contributed by atoms with Crippen LogP contribution in [0.5, 0.6) is 0 Å². The van der Waals surface area contributed by atoms with Gasteiger partial charge in [0, 0.05) is 5.41 Å². The Kier molecular flexibility index (Phi) is 2.13. The van der Waals surface area contributed by atoms with Crippen molar-refractivity contribution in [1.82, 2.24) is 0 Å². The molecule has 0 atom stereocenters. The van der Waals surface area contributed by atoms with E-state index in [1.54, 1.807) is 0 Å². The van der Waals surface area contributed by atoms with Gasteiger partial charge in [0.2, 0.25) is 0 Å². The normalized spacial score (nSPS) is 47.2. The molecule has 0 amide bonds. The first-order valence-electron chi connectivity index (χ1n) is 7.39. The van der Waals surface area contributed by atoms with Gasteiger partial charge >= 0.3 is 5.97 Å². The van der Waals surface area contributed by atoms with E-state index in [0.29, 0.717) is 5.41 Å². The highest BCUT2D eigenvalue weighted by atomic mass is 16.5. The number of hydrogen-bond donors (Lipinski definition) is 0. The molecule has 17 heavy (non-hydrogen) atoms. The Labute approximate surface area is 103 Å². The first-order valence-corrected chi connectivity index (χ1v) is 7.39. The number of carbonyl (C=O) groups is 1. The summed E-state index contributed by atoms with van der Waals surface area (Å²) in [6, 6.07) is 0. The molecule has 0 aromatic carbocycles. The molecule has 0 unspecified atom stereocenters. The second kappa shape index (κ2) is 3.49. The van der Waals surface area contributed by atoms with Gasteiger partial charge in [-0.1, -0.05) is 0 Å². The predicted molar refractivity (Wildman–Crippen MR) is 64.3 cm³/mol. The van der Waals surface area contributed by atoms with E-state index in [-0.39, 0.29) is 11.9 Å². The van der Waals surface area contributed by atoms with Crippen LogP contribution < -0.4 is 0 Å². The molecule has 2 heteroatoms. The summed E-state index contributed by atoms with van der Waals surface area (Å²) < 4.78 is 5.61. The molecular weight excluding hydrogens is 212 g/mol. The second-order valence-corrected chi connectivity index (χ2v) is 7.30. The average molecular weight is 234 g/mol. The summed E-state index contributed by atoms with van der Waals surface area (Å²) in [6.45, 7) is 0.742. The molecule has 0 radical (unpaired) electrons. The highest BCUT2D eigenvalue weighted by molar-refractivity contribution is 5.74. The largest absolute Gasteiger partial charge is 0.465 e. The van der Waals surface area contributed by atoms with Crippen LogP contribution in [0.2, 0.25) is 0 Å². The van der Waals surface area contributed by atoms with E-state index in [2.05, 4.69) is 0 Å². The molecule has 5 aliphatic rings. The Morgan fingerprint density at radius 2 is 1.53 bits per heavy atom. The Morgan fingerprint density at radius 3 is 2.00 bits per heavy atom. The maximum absolute atomic E-state index is 11.7. The topological polar surface area (TPSA) is 26.3 Å². The zero-order chi connectivity index (χ0) is 11.5. The first-order chi connectivity index (χ1) is 8.22. The van der Waals surface area contributed by atoms with Gasteiger partial charge in [0.1, 0.15) is 0 Å². The molecule has 0 N–H and O–H groups in total. The monoisotopic (exact) mass is 234 g/mol. The molecule has 0 aromatic heterocycles. The van der Waals surface area contributed by atoms with Crippen molar-refractivity contribution in [3.8, 4) is 0 Å². The molecule has 5 aliphatic carbocycles. The summed E-state index contributed by atoms with van der Waals surface area (Å²) >= 11 is 0. The van der Waals surface area contributed by atoms with Crippen LogP contribution in [0, 0.1) is 29.1 Å². The van der Waals surface area contributed by atoms with Crippen molar-refractivity contribution in [2.24, 2.45) is 29.1 Å². The van der Waals surface area contributed by atoms with E-state index >= 15 is 0 Å². The number of carbonyl (C=O) groups excluding carboxylic acids is 1. The van der Waals surface area contributed by atoms with Gasteiger partial charge in [-0.2, -0.15) is 0 Å². The lowest BCUT2D eigenvalue weighted by Crippen LogP contribution is -2.48. The van der Waals surface area contributed by atoms with Crippen molar-refractivity contribution in [2.75, 3.05) is 6.61 Å². The minimum Gasteiger partial charge on any atom is -0.465 e. The van der Waals surface area contributed by atoms with Gasteiger partial charge in [-0.3, -0.25) is 4.79 Å². The molecule has 0 spiro atoms. The lowest BCUT2D eigenvalue weighted by atomic mass is 9.50. The zero-order valence-corrected chi connectivity index (χ0v) is 10.5. The fourth-order valence-electron chi connectivity index (χ4n) is 5.13. The molecule has 0 aromatic rings. The summed E-state index contributed by atoms with van der Waals surface area (Å²) in [5, 5.41) is 0. The minimum absolute atomic E-state index is 0.0979. The predicted octanol–water partition coefficient (Wildman–Crippen LogP) is 3.16.